The van der Waals surface area contributed by atoms with Crippen molar-refractivity contribution in [3.63, 3.8) is 0 Å². The molecule has 0 spiro atoms. The third-order valence-corrected chi connectivity index (χ3v) is 4.23. The van der Waals surface area contributed by atoms with E-state index in [1.54, 1.807) is 25.3 Å². The maximum atomic E-state index is 12.7. The number of nitrogens with zero attached hydrogens (tertiary/aromatic N) is 2. The normalized spacial score (nSPS) is 13.8. The van der Waals surface area contributed by atoms with Crippen molar-refractivity contribution in [2.75, 3.05) is 24.5 Å². The second-order valence-corrected chi connectivity index (χ2v) is 6.11. The lowest BCUT2D eigenvalue weighted by atomic mass is 10.1. The largest absolute Gasteiger partial charge is 0.497 e. The van der Waals surface area contributed by atoms with E-state index in [2.05, 4.69) is 10.4 Å². The molecule has 140 valence electrons. The smallest absolute Gasteiger partial charge is 0.271 e. The number of carbonyl (C=O) groups excluding carboxylic acids is 2. The van der Waals surface area contributed by atoms with Gasteiger partial charge in [-0.25, -0.2) is 5.01 Å². The van der Waals surface area contributed by atoms with Gasteiger partial charge in [-0.15, -0.1) is 0 Å². The third kappa shape index (κ3) is 4.08. The molecule has 0 aliphatic carbocycles. The van der Waals surface area contributed by atoms with E-state index in [4.69, 9.17) is 9.47 Å². The van der Waals surface area contributed by atoms with Gasteiger partial charge in [0, 0.05) is 18.9 Å². The Morgan fingerprint density at radius 1 is 1.07 bits per heavy atom. The van der Waals surface area contributed by atoms with E-state index < -0.39 is 0 Å². The number of hydrogen-bond donors (Lipinski definition) is 1. The summed E-state index contributed by atoms with van der Waals surface area (Å²) >= 11 is 0. The monoisotopic (exact) mass is 367 g/mol. The van der Waals surface area contributed by atoms with Crippen LogP contribution in [0.5, 0.6) is 11.5 Å². The SMILES string of the molecule is COc1ccc(OC)c(NC(=O)C2=NN(c3ccc(C)cc3)C(=O)CC2)c1. The van der Waals surface area contributed by atoms with Crippen molar-refractivity contribution < 1.29 is 19.1 Å². The van der Waals surface area contributed by atoms with Crippen LogP contribution in [0.1, 0.15) is 18.4 Å². The summed E-state index contributed by atoms with van der Waals surface area (Å²) in [4.78, 5) is 24.9. The molecule has 0 radical (unpaired) electrons. The van der Waals surface area contributed by atoms with Crippen LogP contribution in [0.4, 0.5) is 11.4 Å². The van der Waals surface area contributed by atoms with Crippen molar-refractivity contribution in [2.45, 2.75) is 19.8 Å². The summed E-state index contributed by atoms with van der Waals surface area (Å²) in [5.41, 5.74) is 2.47. The van der Waals surface area contributed by atoms with E-state index in [0.29, 0.717) is 22.9 Å². The van der Waals surface area contributed by atoms with Gasteiger partial charge in [0.05, 0.1) is 25.6 Å². The molecule has 2 aromatic rings. The Kier molecular flexibility index (Phi) is 5.40. The lowest BCUT2D eigenvalue weighted by Gasteiger charge is -2.23. The molecule has 1 heterocycles. The zero-order chi connectivity index (χ0) is 19.4. The van der Waals surface area contributed by atoms with Crippen molar-refractivity contribution in [1.82, 2.24) is 0 Å². The Morgan fingerprint density at radius 2 is 1.81 bits per heavy atom. The lowest BCUT2D eigenvalue weighted by Crippen LogP contribution is -2.36. The molecule has 0 saturated carbocycles. The van der Waals surface area contributed by atoms with Crippen LogP contribution in [-0.4, -0.2) is 31.7 Å². The Hall–Kier alpha value is -3.35. The quantitative estimate of drug-likeness (QED) is 0.880. The molecule has 1 N–H and O–H groups in total. The highest BCUT2D eigenvalue weighted by atomic mass is 16.5. The van der Waals surface area contributed by atoms with Crippen LogP contribution in [0.25, 0.3) is 0 Å². The van der Waals surface area contributed by atoms with Gasteiger partial charge in [0.1, 0.15) is 17.2 Å². The first-order valence-corrected chi connectivity index (χ1v) is 8.52. The third-order valence-electron chi connectivity index (χ3n) is 4.23. The Morgan fingerprint density at radius 3 is 2.48 bits per heavy atom. The fraction of sp³-hybridized carbons (Fsp3) is 0.250. The van der Waals surface area contributed by atoms with Gasteiger partial charge in [-0.05, 0) is 31.2 Å². The number of methoxy groups -OCH3 is 2. The average molecular weight is 367 g/mol. The molecule has 2 aromatic carbocycles. The number of rotatable bonds is 5. The molecule has 0 saturated heterocycles. The molecule has 3 rings (SSSR count). The highest BCUT2D eigenvalue weighted by molar-refractivity contribution is 6.44. The van der Waals surface area contributed by atoms with Gasteiger partial charge < -0.3 is 14.8 Å². The number of anilines is 2. The zero-order valence-corrected chi connectivity index (χ0v) is 15.5. The molecule has 1 aliphatic heterocycles. The van der Waals surface area contributed by atoms with Crippen molar-refractivity contribution in [2.24, 2.45) is 5.10 Å². The predicted molar refractivity (Wildman–Crippen MR) is 104 cm³/mol. The van der Waals surface area contributed by atoms with Gasteiger partial charge in [-0.2, -0.15) is 5.10 Å². The molecule has 7 nitrogen and oxygen atoms in total. The minimum Gasteiger partial charge on any atom is -0.497 e. The Bertz CT molecular complexity index is 891. The van der Waals surface area contributed by atoms with Crippen molar-refractivity contribution in [3.05, 3.63) is 48.0 Å². The van der Waals surface area contributed by atoms with E-state index in [-0.39, 0.29) is 30.4 Å². The van der Waals surface area contributed by atoms with Crippen LogP contribution >= 0.6 is 0 Å². The highest BCUT2D eigenvalue weighted by Gasteiger charge is 2.26. The lowest BCUT2D eigenvalue weighted by molar-refractivity contribution is -0.118. The number of nitrogens with one attached hydrogen (secondary N) is 1. The summed E-state index contributed by atoms with van der Waals surface area (Å²) in [7, 11) is 3.07. The number of benzene rings is 2. The van der Waals surface area contributed by atoms with Crippen LogP contribution in [0.3, 0.4) is 0 Å². The average Bonchev–Trinajstić information content (AvgIpc) is 2.69. The van der Waals surface area contributed by atoms with Crippen LogP contribution < -0.4 is 19.8 Å². The number of amides is 2. The van der Waals surface area contributed by atoms with Crippen LogP contribution in [-0.2, 0) is 9.59 Å². The standard InChI is InChI=1S/C20H21N3O4/c1-13-4-6-14(7-5-13)23-19(24)11-9-16(22-23)20(25)21-17-12-15(26-2)8-10-18(17)27-3/h4-8,10,12H,9,11H2,1-3H3,(H,21,25). The van der Waals surface area contributed by atoms with Crippen molar-refractivity contribution in [1.29, 1.82) is 0 Å². The Balaban J connectivity index is 1.85. The molecule has 0 aromatic heterocycles. The maximum Gasteiger partial charge on any atom is 0.271 e. The molecule has 0 bridgehead atoms. The first kappa shape index (κ1) is 18.4. The first-order chi connectivity index (χ1) is 13.0. The Labute approximate surface area is 157 Å². The summed E-state index contributed by atoms with van der Waals surface area (Å²) in [6.45, 7) is 1.96. The van der Waals surface area contributed by atoms with Gasteiger partial charge in [0.25, 0.3) is 5.91 Å². The minimum absolute atomic E-state index is 0.144. The van der Waals surface area contributed by atoms with Crippen LogP contribution in [0, 0.1) is 6.92 Å². The van der Waals surface area contributed by atoms with Gasteiger partial charge in [0.15, 0.2) is 0 Å². The van der Waals surface area contributed by atoms with E-state index in [9.17, 15) is 9.59 Å². The first-order valence-electron chi connectivity index (χ1n) is 8.52. The molecular weight excluding hydrogens is 346 g/mol. The molecule has 2 amide bonds. The summed E-state index contributed by atoms with van der Waals surface area (Å²) in [6.07, 6.45) is 0.495. The molecule has 27 heavy (non-hydrogen) atoms. The fourth-order valence-corrected chi connectivity index (χ4v) is 2.71. The second-order valence-electron chi connectivity index (χ2n) is 6.11. The molecule has 0 atom stereocenters. The highest BCUT2D eigenvalue weighted by Crippen LogP contribution is 2.29. The summed E-state index contributed by atoms with van der Waals surface area (Å²) in [6, 6.07) is 12.5. The zero-order valence-electron chi connectivity index (χ0n) is 15.5. The molecule has 0 unspecified atom stereocenters. The van der Waals surface area contributed by atoms with Gasteiger partial charge in [0.2, 0.25) is 5.91 Å². The molecular formula is C20H21N3O4. The van der Waals surface area contributed by atoms with Crippen LogP contribution in [0.15, 0.2) is 47.6 Å². The fourth-order valence-electron chi connectivity index (χ4n) is 2.71. The molecule has 7 heteroatoms. The number of hydrogen-bond acceptors (Lipinski definition) is 5. The number of carbonyl (C=O) groups is 2. The van der Waals surface area contributed by atoms with Crippen LogP contribution in [0.2, 0.25) is 0 Å². The molecule has 0 fully saturated rings. The van der Waals surface area contributed by atoms with Crippen molar-refractivity contribution in [3.8, 4) is 11.5 Å². The minimum atomic E-state index is -0.383. The van der Waals surface area contributed by atoms with E-state index >= 15 is 0 Å². The van der Waals surface area contributed by atoms with Crippen molar-refractivity contribution >= 4 is 28.9 Å². The topological polar surface area (TPSA) is 80.2 Å². The van der Waals surface area contributed by atoms with Gasteiger partial charge in [-0.3, -0.25) is 9.59 Å². The predicted octanol–water partition coefficient (Wildman–Crippen LogP) is 3.13. The summed E-state index contributed by atoms with van der Waals surface area (Å²) in [5, 5.41) is 8.34. The van der Waals surface area contributed by atoms with E-state index in [1.807, 2.05) is 31.2 Å². The molecule has 1 aliphatic rings. The van der Waals surface area contributed by atoms with Gasteiger partial charge >= 0.3 is 0 Å². The second kappa shape index (κ2) is 7.90. The number of aryl methyl sites for hydroxylation is 1. The van der Waals surface area contributed by atoms with Gasteiger partial charge in [-0.1, -0.05) is 17.7 Å². The van der Waals surface area contributed by atoms with E-state index in [0.717, 1.165) is 5.56 Å². The summed E-state index contributed by atoms with van der Waals surface area (Å²) in [5.74, 6) is 0.570. The summed E-state index contributed by atoms with van der Waals surface area (Å²) < 4.78 is 10.5. The number of ether oxygens (including phenoxy) is 2. The van der Waals surface area contributed by atoms with E-state index in [1.165, 1.54) is 12.1 Å². The number of hydrazone groups is 1. The maximum absolute atomic E-state index is 12.7.